The maximum Gasteiger partial charge on any atom is 0.134 e. The van der Waals surface area contributed by atoms with Crippen LogP contribution in [-0.2, 0) is 0 Å². The molecule has 1 unspecified atom stereocenters. The van der Waals surface area contributed by atoms with E-state index < -0.39 is 5.67 Å². The smallest absolute Gasteiger partial charge is 0.134 e. The summed E-state index contributed by atoms with van der Waals surface area (Å²) in [6.45, 7) is 3.92. The zero-order valence-electron chi connectivity index (χ0n) is 14.6. The Labute approximate surface area is 161 Å². The predicted molar refractivity (Wildman–Crippen MR) is 106 cm³/mol. The van der Waals surface area contributed by atoms with Gasteiger partial charge in [0.15, 0.2) is 0 Å². The largest absolute Gasteiger partial charge is 0.506 e. The summed E-state index contributed by atoms with van der Waals surface area (Å²) in [6.07, 6.45) is 2.75. The first-order chi connectivity index (χ1) is 12.4. The number of aryl methyl sites for hydroxylation is 1. The van der Waals surface area contributed by atoms with E-state index >= 15 is 4.39 Å². The summed E-state index contributed by atoms with van der Waals surface area (Å²) in [7, 11) is 0. The highest BCUT2D eigenvalue weighted by Crippen LogP contribution is 2.47. The molecule has 0 radical (unpaired) electrons. The molecule has 0 fully saturated rings. The topological polar surface area (TPSA) is 44.0 Å². The van der Waals surface area contributed by atoms with E-state index in [1.165, 1.54) is 17.4 Å². The Bertz CT molecular complexity index is 953. The second kappa shape index (κ2) is 7.26. The van der Waals surface area contributed by atoms with Crippen LogP contribution >= 0.6 is 22.9 Å². The number of benzene rings is 1. The molecular weight excluding hydrogens is 369 g/mol. The van der Waals surface area contributed by atoms with Crippen LogP contribution in [0.2, 0.25) is 5.02 Å². The van der Waals surface area contributed by atoms with Crippen LogP contribution in [0.5, 0.6) is 5.75 Å². The number of phenolic OH excluding ortho intramolecular Hbond substituents is 1. The van der Waals surface area contributed by atoms with Crippen molar-refractivity contribution >= 4 is 34.1 Å². The second-order valence-corrected chi connectivity index (χ2v) is 7.91. The molecule has 0 saturated carbocycles. The highest BCUT2D eigenvalue weighted by molar-refractivity contribution is 7.11. The molecule has 1 N–H and O–H groups in total. The van der Waals surface area contributed by atoms with Gasteiger partial charge in [0.1, 0.15) is 11.4 Å². The molecule has 1 atom stereocenters. The lowest BCUT2D eigenvalue weighted by Gasteiger charge is -2.30. The fourth-order valence-corrected chi connectivity index (χ4v) is 4.58. The van der Waals surface area contributed by atoms with Crippen molar-refractivity contribution in [2.75, 3.05) is 0 Å². The number of nitriles is 1. The Kier molecular flexibility index (Phi) is 5.22. The third kappa shape index (κ3) is 3.42. The summed E-state index contributed by atoms with van der Waals surface area (Å²) < 4.78 is 15.5. The average molecular weight is 388 g/mol. The van der Waals surface area contributed by atoms with E-state index in [9.17, 15) is 10.4 Å². The molecule has 0 amide bonds. The standard InChI is InChI=1S/C21H19ClFNOS/c1-3-7-21(23)10-15(12-24)19(20-13(2)6-8-26-20)16(11-21)14-4-5-18(25)17(22)9-14/h4-6,8-9,11,25H,3,7,10H2,1-2H3. The van der Waals surface area contributed by atoms with Gasteiger partial charge in [0.05, 0.1) is 11.1 Å². The lowest BCUT2D eigenvalue weighted by Crippen LogP contribution is -2.24. The van der Waals surface area contributed by atoms with Crippen molar-refractivity contribution in [3.63, 3.8) is 0 Å². The van der Waals surface area contributed by atoms with E-state index in [2.05, 4.69) is 6.07 Å². The minimum atomic E-state index is -1.56. The molecule has 2 aromatic rings. The molecule has 0 spiro atoms. The SMILES string of the molecule is CCCC1(F)C=C(c2ccc(O)c(Cl)c2)C(c2sccc2C)=C(C#N)C1. The van der Waals surface area contributed by atoms with Gasteiger partial charge in [-0.05, 0) is 59.7 Å². The number of nitrogens with zero attached hydrogens (tertiary/aromatic N) is 1. The van der Waals surface area contributed by atoms with Crippen LogP contribution in [0.15, 0.2) is 41.3 Å². The van der Waals surface area contributed by atoms with Gasteiger partial charge >= 0.3 is 0 Å². The minimum absolute atomic E-state index is 0.0229. The lowest BCUT2D eigenvalue weighted by molar-refractivity contribution is 0.212. The van der Waals surface area contributed by atoms with Crippen LogP contribution in [0.25, 0.3) is 11.1 Å². The first-order valence-corrected chi connectivity index (χ1v) is 9.73. The molecule has 0 aliphatic heterocycles. The van der Waals surface area contributed by atoms with Gasteiger partial charge < -0.3 is 5.11 Å². The molecule has 0 bridgehead atoms. The van der Waals surface area contributed by atoms with Crippen molar-refractivity contribution in [3.05, 3.63) is 62.3 Å². The molecule has 0 saturated heterocycles. The maximum atomic E-state index is 15.5. The molecule has 3 rings (SSSR count). The van der Waals surface area contributed by atoms with Gasteiger partial charge in [-0.1, -0.05) is 31.0 Å². The normalized spacial score (nSPS) is 20.0. The Hall–Kier alpha value is -2.09. The summed E-state index contributed by atoms with van der Waals surface area (Å²) in [5.41, 5.74) is 2.07. The van der Waals surface area contributed by atoms with Gasteiger partial charge in [0.25, 0.3) is 0 Å². The number of aromatic hydroxyl groups is 1. The van der Waals surface area contributed by atoms with Gasteiger partial charge in [0.2, 0.25) is 0 Å². The zero-order chi connectivity index (χ0) is 18.9. The van der Waals surface area contributed by atoms with Gasteiger partial charge in [-0.15, -0.1) is 11.3 Å². The number of thiophene rings is 1. The van der Waals surface area contributed by atoms with E-state index in [4.69, 9.17) is 11.6 Å². The Morgan fingerprint density at radius 3 is 2.73 bits per heavy atom. The number of phenols is 1. The first kappa shape index (κ1) is 18.7. The van der Waals surface area contributed by atoms with E-state index in [1.807, 2.05) is 25.3 Å². The number of rotatable bonds is 4. The van der Waals surface area contributed by atoms with Crippen LogP contribution in [0.4, 0.5) is 4.39 Å². The predicted octanol–water partition coefficient (Wildman–Crippen LogP) is 6.69. The van der Waals surface area contributed by atoms with Crippen molar-refractivity contribution < 1.29 is 9.50 Å². The van der Waals surface area contributed by atoms with Gasteiger partial charge in [-0.25, -0.2) is 4.39 Å². The molecule has 2 nitrogen and oxygen atoms in total. The molecule has 1 heterocycles. The number of allylic oxidation sites excluding steroid dienone is 4. The van der Waals surface area contributed by atoms with Crippen LogP contribution < -0.4 is 0 Å². The van der Waals surface area contributed by atoms with Gasteiger partial charge in [-0.2, -0.15) is 5.26 Å². The van der Waals surface area contributed by atoms with E-state index in [0.717, 1.165) is 16.0 Å². The van der Waals surface area contributed by atoms with Crippen molar-refractivity contribution in [1.29, 1.82) is 5.26 Å². The van der Waals surface area contributed by atoms with Crippen LogP contribution in [-0.4, -0.2) is 10.8 Å². The number of alkyl halides is 1. The van der Waals surface area contributed by atoms with Gasteiger partial charge in [-0.3, -0.25) is 0 Å². The van der Waals surface area contributed by atoms with Crippen molar-refractivity contribution in [3.8, 4) is 11.8 Å². The molecular formula is C21H19ClFNOS. The highest BCUT2D eigenvalue weighted by Gasteiger charge is 2.36. The molecule has 134 valence electrons. The highest BCUT2D eigenvalue weighted by atomic mass is 35.5. The molecule has 1 aliphatic rings. The molecule has 1 aliphatic carbocycles. The average Bonchev–Trinajstić information content (AvgIpc) is 3.02. The lowest BCUT2D eigenvalue weighted by atomic mass is 9.78. The van der Waals surface area contributed by atoms with Crippen molar-refractivity contribution in [1.82, 2.24) is 0 Å². The van der Waals surface area contributed by atoms with Crippen LogP contribution in [0.3, 0.4) is 0 Å². The molecule has 1 aromatic heterocycles. The fourth-order valence-electron chi connectivity index (χ4n) is 3.39. The third-order valence-corrected chi connectivity index (χ3v) is 5.93. The number of hydrogen-bond donors (Lipinski definition) is 1. The molecule has 26 heavy (non-hydrogen) atoms. The second-order valence-electron chi connectivity index (χ2n) is 6.58. The van der Waals surface area contributed by atoms with E-state index in [0.29, 0.717) is 29.6 Å². The quantitative estimate of drug-likeness (QED) is 0.635. The Balaban J connectivity index is 2.26. The summed E-state index contributed by atoms with van der Waals surface area (Å²) in [4.78, 5) is 0.968. The van der Waals surface area contributed by atoms with E-state index in [1.54, 1.807) is 18.2 Å². The number of hydrogen-bond acceptors (Lipinski definition) is 3. The minimum Gasteiger partial charge on any atom is -0.506 e. The van der Waals surface area contributed by atoms with Gasteiger partial charge in [0, 0.05) is 22.4 Å². The summed E-state index contributed by atoms with van der Waals surface area (Å²) in [6, 6.07) is 9.06. The summed E-state index contributed by atoms with van der Waals surface area (Å²) in [5.74, 6) is -0.0229. The molecule has 1 aromatic carbocycles. The van der Waals surface area contributed by atoms with E-state index in [-0.39, 0.29) is 17.2 Å². The monoisotopic (exact) mass is 387 g/mol. The fraction of sp³-hybridized carbons (Fsp3) is 0.286. The number of halogens is 2. The maximum absolute atomic E-state index is 15.5. The summed E-state index contributed by atoms with van der Waals surface area (Å²) in [5, 5.41) is 21.7. The first-order valence-electron chi connectivity index (χ1n) is 8.47. The summed E-state index contributed by atoms with van der Waals surface area (Å²) >= 11 is 7.63. The van der Waals surface area contributed by atoms with Crippen molar-refractivity contribution in [2.45, 2.75) is 38.8 Å². The Morgan fingerprint density at radius 2 is 2.15 bits per heavy atom. The zero-order valence-corrected chi connectivity index (χ0v) is 16.2. The van der Waals surface area contributed by atoms with Crippen LogP contribution in [0.1, 0.15) is 42.2 Å². The van der Waals surface area contributed by atoms with Crippen molar-refractivity contribution in [2.24, 2.45) is 0 Å². The van der Waals surface area contributed by atoms with Crippen LogP contribution in [0, 0.1) is 18.3 Å². The third-order valence-electron chi connectivity index (χ3n) is 4.59. The molecule has 5 heteroatoms. The Morgan fingerprint density at radius 1 is 1.38 bits per heavy atom.